The molecule has 1 atom stereocenters. The number of benzene rings is 2. The molecule has 0 radical (unpaired) electrons. The van der Waals surface area contributed by atoms with Crippen LogP contribution in [0.15, 0.2) is 46.9 Å². The van der Waals surface area contributed by atoms with Crippen molar-refractivity contribution < 1.29 is 9.84 Å². The summed E-state index contributed by atoms with van der Waals surface area (Å²) >= 11 is 3.52. The summed E-state index contributed by atoms with van der Waals surface area (Å²) in [5.74, 6) is 0.814. The summed E-state index contributed by atoms with van der Waals surface area (Å²) in [5, 5.41) is 12.9. The molecule has 20 heavy (non-hydrogen) atoms. The number of methoxy groups -OCH3 is 1. The molecule has 0 aliphatic heterocycles. The summed E-state index contributed by atoms with van der Waals surface area (Å²) in [5.41, 5.74) is 3.16. The summed E-state index contributed by atoms with van der Waals surface area (Å²) in [6, 6.07) is 13.6. The average Bonchev–Trinajstić information content (AvgIpc) is 2.48. The molecule has 4 heteroatoms. The lowest BCUT2D eigenvalue weighted by Crippen LogP contribution is -2.14. The molecule has 0 aromatic heterocycles. The fraction of sp³-hybridized carbons (Fsp3) is 0.250. The summed E-state index contributed by atoms with van der Waals surface area (Å²) in [6.07, 6.45) is 0. The Morgan fingerprint density at radius 1 is 1.20 bits per heavy atom. The van der Waals surface area contributed by atoms with Crippen molar-refractivity contribution in [3.05, 3.63) is 58.1 Å². The van der Waals surface area contributed by atoms with Gasteiger partial charge in [0.2, 0.25) is 0 Å². The predicted octanol–water partition coefficient (Wildman–Crippen LogP) is 3.91. The number of aliphatic hydroxyl groups is 1. The van der Waals surface area contributed by atoms with Crippen LogP contribution in [-0.4, -0.2) is 18.8 Å². The van der Waals surface area contributed by atoms with Crippen molar-refractivity contribution in [1.29, 1.82) is 0 Å². The maximum atomic E-state index is 9.60. The van der Waals surface area contributed by atoms with Gasteiger partial charge in [-0.15, -0.1) is 0 Å². The molecule has 0 aliphatic carbocycles. The molecule has 0 saturated carbocycles. The van der Waals surface area contributed by atoms with Crippen molar-refractivity contribution in [2.45, 2.75) is 13.0 Å². The number of rotatable bonds is 5. The minimum Gasteiger partial charge on any atom is -0.497 e. The Hall–Kier alpha value is -1.52. The first-order chi connectivity index (χ1) is 9.63. The molecule has 1 unspecified atom stereocenters. The van der Waals surface area contributed by atoms with E-state index in [0.29, 0.717) is 0 Å². The zero-order valence-corrected chi connectivity index (χ0v) is 13.1. The number of anilines is 1. The van der Waals surface area contributed by atoms with Crippen LogP contribution < -0.4 is 10.1 Å². The second-order valence-electron chi connectivity index (χ2n) is 4.62. The van der Waals surface area contributed by atoms with Crippen LogP contribution in [0.2, 0.25) is 0 Å². The van der Waals surface area contributed by atoms with E-state index in [4.69, 9.17) is 4.74 Å². The highest BCUT2D eigenvalue weighted by Gasteiger charge is 2.11. The topological polar surface area (TPSA) is 41.5 Å². The standard InChI is InChI=1S/C16H18BrNO2/c1-11-3-4-12(9-15(11)17)16(10-19)18-13-5-7-14(20-2)8-6-13/h3-9,16,18-19H,10H2,1-2H3. The van der Waals surface area contributed by atoms with Gasteiger partial charge < -0.3 is 15.2 Å². The lowest BCUT2D eigenvalue weighted by Gasteiger charge is -2.19. The minimum absolute atomic E-state index is 0.0293. The zero-order valence-electron chi connectivity index (χ0n) is 11.6. The quantitative estimate of drug-likeness (QED) is 0.870. The van der Waals surface area contributed by atoms with Crippen molar-refractivity contribution in [2.24, 2.45) is 0 Å². The van der Waals surface area contributed by atoms with Gasteiger partial charge in [-0.3, -0.25) is 0 Å². The minimum atomic E-state index is -0.139. The molecular formula is C16H18BrNO2. The van der Waals surface area contributed by atoms with E-state index in [1.807, 2.05) is 49.4 Å². The average molecular weight is 336 g/mol. The van der Waals surface area contributed by atoms with Crippen LogP contribution in [0.3, 0.4) is 0 Å². The Kier molecular flexibility index (Phi) is 5.04. The van der Waals surface area contributed by atoms with E-state index in [1.165, 1.54) is 5.56 Å². The van der Waals surface area contributed by atoms with E-state index in [-0.39, 0.29) is 12.6 Å². The maximum Gasteiger partial charge on any atom is 0.119 e. The third-order valence-corrected chi connectivity index (χ3v) is 4.07. The SMILES string of the molecule is COc1ccc(NC(CO)c2ccc(C)c(Br)c2)cc1. The van der Waals surface area contributed by atoms with Crippen LogP contribution in [0.1, 0.15) is 17.2 Å². The van der Waals surface area contributed by atoms with Gasteiger partial charge in [-0.25, -0.2) is 0 Å². The number of halogens is 1. The van der Waals surface area contributed by atoms with Crippen molar-refractivity contribution in [3.8, 4) is 5.75 Å². The maximum absolute atomic E-state index is 9.60. The van der Waals surface area contributed by atoms with Crippen molar-refractivity contribution in [1.82, 2.24) is 0 Å². The predicted molar refractivity (Wildman–Crippen MR) is 85.3 cm³/mol. The molecule has 0 aliphatic rings. The first kappa shape index (κ1) is 14.9. The molecule has 0 heterocycles. The van der Waals surface area contributed by atoms with Crippen LogP contribution in [-0.2, 0) is 0 Å². The van der Waals surface area contributed by atoms with Gasteiger partial charge in [0.1, 0.15) is 5.75 Å². The smallest absolute Gasteiger partial charge is 0.119 e. The summed E-state index contributed by atoms with van der Waals surface area (Å²) in [7, 11) is 1.64. The summed E-state index contributed by atoms with van der Waals surface area (Å²) in [4.78, 5) is 0. The van der Waals surface area contributed by atoms with E-state index in [2.05, 4.69) is 21.2 Å². The van der Waals surface area contributed by atoms with Gasteiger partial charge >= 0.3 is 0 Å². The van der Waals surface area contributed by atoms with Crippen molar-refractivity contribution in [3.63, 3.8) is 0 Å². The molecule has 0 fully saturated rings. The Morgan fingerprint density at radius 2 is 1.90 bits per heavy atom. The lowest BCUT2D eigenvalue weighted by molar-refractivity contribution is 0.276. The fourth-order valence-corrected chi connectivity index (χ4v) is 2.35. The highest BCUT2D eigenvalue weighted by molar-refractivity contribution is 9.10. The number of nitrogens with one attached hydrogen (secondary N) is 1. The van der Waals surface area contributed by atoms with Gasteiger partial charge in [-0.2, -0.15) is 0 Å². The first-order valence-corrected chi connectivity index (χ1v) is 7.21. The molecule has 0 amide bonds. The molecule has 0 spiro atoms. The van der Waals surface area contributed by atoms with Crippen LogP contribution >= 0.6 is 15.9 Å². The number of aliphatic hydroxyl groups excluding tert-OH is 1. The van der Waals surface area contributed by atoms with Gasteiger partial charge in [0.25, 0.3) is 0 Å². The molecule has 2 N–H and O–H groups in total. The Labute approximate surface area is 127 Å². The lowest BCUT2D eigenvalue weighted by atomic mass is 10.1. The third kappa shape index (κ3) is 3.52. The van der Waals surface area contributed by atoms with Gasteiger partial charge in [0.15, 0.2) is 0 Å². The Bertz CT molecular complexity index is 569. The number of ether oxygens (including phenoxy) is 1. The number of hydrogen-bond acceptors (Lipinski definition) is 3. The van der Waals surface area contributed by atoms with Gasteiger partial charge in [0, 0.05) is 10.2 Å². The van der Waals surface area contributed by atoms with Crippen LogP contribution in [0.25, 0.3) is 0 Å². The van der Waals surface area contributed by atoms with E-state index >= 15 is 0 Å². The Morgan fingerprint density at radius 3 is 2.45 bits per heavy atom. The monoisotopic (exact) mass is 335 g/mol. The van der Waals surface area contributed by atoms with E-state index in [1.54, 1.807) is 7.11 Å². The van der Waals surface area contributed by atoms with Crippen molar-refractivity contribution >= 4 is 21.6 Å². The molecule has 2 aromatic carbocycles. The number of hydrogen-bond donors (Lipinski definition) is 2. The largest absolute Gasteiger partial charge is 0.497 e. The highest BCUT2D eigenvalue weighted by Crippen LogP contribution is 2.25. The van der Waals surface area contributed by atoms with E-state index in [0.717, 1.165) is 21.5 Å². The van der Waals surface area contributed by atoms with E-state index < -0.39 is 0 Å². The summed E-state index contributed by atoms with van der Waals surface area (Å²) < 4.78 is 6.18. The summed E-state index contributed by atoms with van der Waals surface area (Å²) in [6.45, 7) is 2.07. The Balaban J connectivity index is 2.16. The molecule has 0 saturated heterocycles. The second kappa shape index (κ2) is 6.77. The fourth-order valence-electron chi connectivity index (χ4n) is 1.95. The second-order valence-corrected chi connectivity index (χ2v) is 5.47. The molecule has 106 valence electrons. The van der Waals surface area contributed by atoms with Crippen molar-refractivity contribution in [2.75, 3.05) is 19.0 Å². The molecule has 2 rings (SSSR count). The van der Waals surface area contributed by atoms with Gasteiger partial charge in [0.05, 0.1) is 19.8 Å². The normalized spacial score (nSPS) is 12.0. The number of aryl methyl sites for hydroxylation is 1. The van der Waals surface area contributed by atoms with Crippen LogP contribution in [0.4, 0.5) is 5.69 Å². The van der Waals surface area contributed by atoms with E-state index in [9.17, 15) is 5.11 Å². The van der Waals surface area contributed by atoms with Gasteiger partial charge in [-0.1, -0.05) is 28.1 Å². The molecule has 3 nitrogen and oxygen atoms in total. The molecule has 0 bridgehead atoms. The first-order valence-electron chi connectivity index (χ1n) is 6.41. The highest BCUT2D eigenvalue weighted by atomic mass is 79.9. The molecule has 2 aromatic rings. The molecular weight excluding hydrogens is 318 g/mol. The van der Waals surface area contributed by atoms with Crippen LogP contribution in [0, 0.1) is 6.92 Å². The van der Waals surface area contributed by atoms with Gasteiger partial charge in [-0.05, 0) is 48.4 Å². The van der Waals surface area contributed by atoms with Crippen LogP contribution in [0.5, 0.6) is 5.75 Å². The third-order valence-electron chi connectivity index (χ3n) is 3.21. The zero-order chi connectivity index (χ0) is 14.5.